The second-order valence-electron chi connectivity index (χ2n) is 18.1. The summed E-state index contributed by atoms with van der Waals surface area (Å²) in [7, 11) is 0. The molecular weight excluding hydrogens is 949 g/mol. The standard InChI is InChI=1S/C71H102O6/c1-4-7-10-13-16-19-22-25-28-29-30-31-32-33-34-35-36-37-38-39-40-41-44-46-49-52-55-58-61-64-70(73)76-67-68(77-71(74)65-62-59-56-53-50-47-43-27-24-21-18-15-12-9-6-3)66-75-69(72)63-60-57-54-51-48-45-42-26-23-20-17-14-11-8-5-2/h7-12,16-21,25-28,30-31,33-34,36-37,39-40,42-44,46,48,50-51,53,57,59-60,62,68H,4-6,13-15,22-24,29,32,35,38,41,45,47,49,52,54-56,58,61,63-67H2,1-3H3/b10-7-,11-8-,12-9-,19-16-,20-17-,21-18-,28-25-,31-30-,34-33-,37-36-,40-39-,42-26-,43-27-,46-44-,51-48-,53-50-,60-57-,62-59-. The summed E-state index contributed by atoms with van der Waals surface area (Å²) in [6.07, 6.45) is 98.4. The van der Waals surface area contributed by atoms with Crippen molar-refractivity contribution in [3.63, 3.8) is 0 Å². The molecule has 422 valence electrons. The van der Waals surface area contributed by atoms with Gasteiger partial charge in [0.05, 0.1) is 12.8 Å². The summed E-state index contributed by atoms with van der Waals surface area (Å²) in [5.74, 6) is -1.28. The number of carbonyl (C=O) groups is 3. The van der Waals surface area contributed by atoms with E-state index in [2.05, 4.69) is 215 Å². The monoisotopic (exact) mass is 1050 g/mol. The second kappa shape index (κ2) is 62.3. The third-order valence-electron chi connectivity index (χ3n) is 11.0. The average molecular weight is 1050 g/mol. The topological polar surface area (TPSA) is 78.9 Å². The number of unbranched alkanes of at least 4 members (excludes halogenated alkanes) is 4. The molecule has 0 heterocycles. The molecule has 0 amide bonds. The molecule has 0 aromatic heterocycles. The van der Waals surface area contributed by atoms with Gasteiger partial charge in [0.15, 0.2) is 6.10 Å². The molecule has 0 aliphatic carbocycles. The fourth-order valence-electron chi connectivity index (χ4n) is 6.78. The van der Waals surface area contributed by atoms with Crippen LogP contribution in [-0.4, -0.2) is 37.2 Å². The SMILES string of the molecule is CC/C=C\C/C=C\C/C=C\C/C=C\C/C=C\C/C=C\C/C=C\C/C=C\CCCCCCC(=O)OCC(COC(=O)C/C=C\C/C=C\C/C=C\C/C=C\C/C=C\CC)OC(=O)C/C=C\C/C=C\C/C=C\C/C=C\C/C=C\CC. The molecule has 0 bridgehead atoms. The minimum Gasteiger partial charge on any atom is -0.462 e. The molecule has 0 aromatic carbocycles. The zero-order chi connectivity index (χ0) is 55.7. The van der Waals surface area contributed by atoms with Crippen LogP contribution in [0.1, 0.15) is 188 Å². The van der Waals surface area contributed by atoms with Crippen LogP contribution < -0.4 is 0 Å². The molecule has 77 heavy (non-hydrogen) atoms. The summed E-state index contributed by atoms with van der Waals surface area (Å²) < 4.78 is 16.6. The fraction of sp³-hybridized carbons (Fsp3) is 0.451. The molecule has 1 unspecified atom stereocenters. The average Bonchev–Trinajstić information content (AvgIpc) is 3.43. The fourth-order valence-corrected chi connectivity index (χ4v) is 6.78. The Morgan fingerprint density at radius 3 is 0.831 bits per heavy atom. The molecule has 0 aliphatic heterocycles. The maximum absolute atomic E-state index is 12.8. The van der Waals surface area contributed by atoms with E-state index < -0.39 is 18.0 Å². The van der Waals surface area contributed by atoms with Gasteiger partial charge in [-0.2, -0.15) is 0 Å². The van der Waals surface area contributed by atoms with Gasteiger partial charge in [-0.05, 0) is 135 Å². The lowest BCUT2D eigenvalue weighted by atomic mass is 10.1. The van der Waals surface area contributed by atoms with Crippen LogP contribution in [0.5, 0.6) is 0 Å². The van der Waals surface area contributed by atoms with E-state index >= 15 is 0 Å². The number of carbonyl (C=O) groups excluding carboxylic acids is 3. The van der Waals surface area contributed by atoms with Crippen molar-refractivity contribution in [2.45, 2.75) is 194 Å². The van der Waals surface area contributed by atoms with Crippen LogP contribution in [0, 0.1) is 0 Å². The van der Waals surface area contributed by atoms with E-state index in [0.717, 1.165) is 135 Å². The predicted octanol–water partition coefficient (Wildman–Crippen LogP) is 20.2. The molecule has 1 atom stereocenters. The Bertz CT molecular complexity index is 1980. The van der Waals surface area contributed by atoms with Crippen molar-refractivity contribution >= 4 is 17.9 Å². The van der Waals surface area contributed by atoms with E-state index in [-0.39, 0.29) is 38.4 Å². The van der Waals surface area contributed by atoms with Crippen molar-refractivity contribution in [1.82, 2.24) is 0 Å². The van der Waals surface area contributed by atoms with E-state index in [1.807, 2.05) is 12.2 Å². The number of esters is 3. The number of allylic oxidation sites excluding steroid dienone is 34. The van der Waals surface area contributed by atoms with Crippen molar-refractivity contribution < 1.29 is 28.6 Å². The Labute approximate surface area is 470 Å². The van der Waals surface area contributed by atoms with Gasteiger partial charge in [0, 0.05) is 6.42 Å². The highest BCUT2D eigenvalue weighted by atomic mass is 16.6. The van der Waals surface area contributed by atoms with Gasteiger partial charge in [-0.1, -0.05) is 252 Å². The van der Waals surface area contributed by atoms with E-state index in [1.54, 1.807) is 12.2 Å². The van der Waals surface area contributed by atoms with E-state index in [0.29, 0.717) is 12.8 Å². The Kier molecular flexibility index (Phi) is 57.2. The molecule has 0 aromatic rings. The maximum Gasteiger partial charge on any atom is 0.310 e. The molecule has 6 heteroatoms. The third-order valence-corrected chi connectivity index (χ3v) is 11.0. The van der Waals surface area contributed by atoms with E-state index in [4.69, 9.17) is 14.2 Å². The molecule has 0 saturated carbocycles. The number of rotatable bonds is 49. The Morgan fingerprint density at radius 1 is 0.273 bits per heavy atom. The van der Waals surface area contributed by atoms with Crippen molar-refractivity contribution in [2.75, 3.05) is 13.2 Å². The zero-order valence-electron chi connectivity index (χ0n) is 48.1. The first-order valence-electron chi connectivity index (χ1n) is 29.2. The van der Waals surface area contributed by atoms with Gasteiger partial charge in [0.2, 0.25) is 0 Å². The first-order chi connectivity index (χ1) is 38.0. The highest BCUT2D eigenvalue weighted by Gasteiger charge is 2.19. The summed E-state index contributed by atoms with van der Waals surface area (Å²) in [6.45, 7) is 6.06. The van der Waals surface area contributed by atoms with Crippen LogP contribution in [0.25, 0.3) is 0 Å². The van der Waals surface area contributed by atoms with Gasteiger partial charge in [0.25, 0.3) is 0 Å². The van der Waals surface area contributed by atoms with Crippen LogP contribution in [0.2, 0.25) is 0 Å². The second-order valence-corrected chi connectivity index (χ2v) is 18.1. The largest absolute Gasteiger partial charge is 0.462 e. The first kappa shape index (κ1) is 70.7. The highest BCUT2D eigenvalue weighted by molar-refractivity contribution is 5.72. The van der Waals surface area contributed by atoms with Crippen molar-refractivity contribution in [1.29, 1.82) is 0 Å². The van der Waals surface area contributed by atoms with Gasteiger partial charge in [-0.15, -0.1) is 0 Å². The number of ether oxygens (including phenoxy) is 3. The summed E-state index contributed by atoms with van der Waals surface area (Å²) in [4.78, 5) is 38.0. The molecule has 6 nitrogen and oxygen atoms in total. The molecule has 0 rings (SSSR count). The van der Waals surface area contributed by atoms with Gasteiger partial charge < -0.3 is 14.2 Å². The minimum atomic E-state index is -0.898. The minimum absolute atomic E-state index is 0.0584. The zero-order valence-corrected chi connectivity index (χ0v) is 48.1. The number of hydrogen-bond donors (Lipinski definition) is 0. The Hall–Kier alpha value is -6.27. The number of hydrogen-bond acceptors (Lipinski definition) is 6. The molecule has 0 spiro atoms. The smallest absolute Gasteiger partial charge is 0.310 e. The summed E-state index contributed by atoms with van der Waals surface area (Å²) in [5, 5.41) is 0. The lowest BCUT2D eigenvalue weighted by Crippen LogP contribution is -2.30. The molecule has 0 radical (unpaired) electrons. The molecule has 0 N–H and O–H groups in total. The van der Waals surface area contributed by atoms with Gasteiger partial charge in [-0.3, -0.25) is 14.4 Å². The van der Waals surface area contributed by atoms with Crippen LogP contribution in [0.15, 0.2) is 219 Å². The van der Waals surface area contributed by atoms with Crippen LogP contribution in [-0.2, 0) is 28.6 Å². The summed E-state index contributed by atoms with van der Waals surface area (Å²) >= 11 is 0. The molecule has 0 fully saturated rings. The lowest BCUT2D eigenvalue weighted by Gasteiger charge is -2.17. The summed E-state index contributed by atoms with van der Waals surface area (Å²) in [6, 6.07) is 0. The van der Waals surface area contributed by atoms with Crippen LogP contribution in [0.4, 0.5) is 0 Å². The van der Waals surface area contributed by atoms with Gasteiger partial charge in [0.1, 0.15) is 13.2 Å². The molecular formula is C71H102O6. The van der Waals surface area contributed by atoms with E-state index in [9.17, 15) is 14.4 Å². The predicted molar refractivity (Wildman–Crippen MR) is 333 cm³/mol. The lowest BCUT2D eigenvalue weighted by molar-refractivity contribution is -0.166. The van der Waals surface area contributed by atoms with Gasteiger partial charge >= 0.3 is 17.9 Å². The van der Waals surface area contributed by atoms with Crippen LogP contribution >= 0.6 is 0 Å². The summed E-state index contributed by atoms with van der Waals surface area (Å²) in [5.41, 5.74) is 0. The Morgan fingerprint density at radius 2 is 0.519 bits per heavy atom. The quantitative estimate of drug-likeness (QED) is 0.0261. The molecule has 0 aliphatic rings. The van der Waals surface area contributed by atoms with Gasteiger partial charge in [-0.25, -0.2) is 0 Å². The molecule has 0 saturated heterocycles. The van der Waals surface area contributed by atoms with E-state index in [1.165, 1.54) is 0 Å². The third kappa shape index (κ3) is 60.5. The van der Waals surface area contributed by atoms with Crippen molar-refractivity contribution in [3.8, 4) is 0 Å². The van der Waals surface area contributed by atoms with Crippen LogP contribution in [0.3, 0.4) is 0 Å². The highest BCUT2D eigenvalue weighted by Crippen LogP contribution is 2.09. The Balaban J connectivity index is 4.59. The normalized spacial score (nSPS) is 13.8. The van der Waals surface area contributed by atoms with Crippen molar-refractivity contribution in [3.05, 3.63) is 219 Å². The first-order valence-corrected chi connectivity index (χ1v) is 29.2. The maximum atomic E-state index is 12.8. The van der Waals surface area contributed by atoms with Crippen molar-refractivity contribution in [2.24, 2.45) is 0 Å².